The van der Waals surface area contributed by atoms with Crippen molar-refractivity contribution in [1.29, 1.82) is 0 Å². The number of carbonyl (C=O) groups excluding carboxylic acids is 3. The molecule has 1 saturated heterocycles. The fourth-order valence-electron chi connectivity index (χ4n) is 3.09. The molecule has 0 unspecified atom stereocenters. The van der Waals surface area contributed by atoms with Gasteiger partial charge in [-0.1, -0.05) is 30.3 Å². The van der Waals surface area contributed by atoms with E-state index in [2.05, 4.69) is 4.98 Å². The molecule has 0 bridgehead atoms. The summed E-state index contributed by atoms with van der Waals surface area (Å²) >= 11 is 1.23. The lowest BCUT2D eigenvalue weighted by Crippen LogP contribution is -2.51. The van der Waals surface area contributed by atoms with Crippen LogP contribution in [-0.2, 0) is 14.3 Å². The van der Waals surface area contributed by atoms with Crippen LogP contribution in [0, 0.1) is 6.92 Å². The van der Waals surface area contributed by atoms with Crippen molar-refractivity contribution in [3.05, 3.63) is 40.9 Å². The van der Waals surface area contributed by atoms with E-state index in [1.807, 2.05) is 30.3 Å². The van der Waals surface area contributed by atoms with Gasteiger partial charge in [-0.3, -0.25) is 9.59 Å². The van der Waals surface area contributed by atoms with E-state index in [0.717, 1.165) is 23.4 Å². The van der Waals surface area contributed by atoms with Gasteiger partial charge in [0.15, 0.2) is 6.61 Å². The van der Waals surface area contributed by atoms with E-state index < -0.39 is 30.4 Å². The molecule has 0 spiro atoms. The predicted molar refractivity (Wildman–Crippen MR) is 101 cm³/mol. The smallest absolute Gasteiger partial charge is 0.350 e. The molecule has 2 aromatic rings. The van der Waals surface area contributed by atoms with E-state index in [9.17, 15) is 14.4 Å². The largest absolute Gasteiger partial charge is 0.451 e. The summed E-state index contributed by atoms with van der Waals surface area (Å²) < 4.78 is 5.19. The van der Waals surface area contributed by atoms with Crippen molar-refractivity contribution in [1.82, 2.24) is 9.88 Å². The van der Waals surface area contributed by atoms with Crippen LogP contribution in [0.15, 0.2) is 30.3 Å². The summed E-state index contributed by atoms with van der Waals surface area (Å²) in [5.74, 6) is -1.52. The molecule has 2 heterocycles. The number of thiazole rings is 1. The lowest BCUT2D eigenvalue weighted by molar-refractivity contribution is -0.143. The Labute approximate surface area is 161 Å². The molecule has 1 fully saturated rings. The molecule has 1 atom stereocenters. The number of carbonyl (C=O) groups is 3. The Morgan fingerprint density at radius 3 is 2.70 bits per heavy atom. The lowest BCUT2D eigenvalue weighted by Gasteiger charge is -2.33. The van der Waals surface area contributed by atoms with Crippen LogP contribution in [0.2, 0.25) is 0 Å². The minimum absolute atomic E-state index is 0.367. The highest BCUT2D eigenvalue weighted by Gasteiger charge is 2.31. The Morgan fingerprint density at radius 1 is 1.26 bits per heavy atom. The predicted octanol–water partition coefficient (Wildman–Crippen LogP) is 2.14. The zero-order chi connectivity index (χ0) is 19.4. The number of piperidine rings is 1. The number of nitrogens with zero attached hydrogens (tertiary/aromatic N) is 2. The second-order valence-electron chi connectivity index (χ2n) is 6.38. The second kappa shape index (κ2) is 8.30. The third kappa shape index (κ3) is 4.33. The zero-order valence-electron chi connectivity index (χ0n) is 15.0. The van der Waals surface area contributed by atoms with Crippen molar-refractivity contribution >= 4 is 29.1 Å². The third-order valence-corrected chi connectivity index (χ3v) is 5.67. The molecule has 1 aliphatic rings. The standard InChI is InChI=1S/C19H21N3O4S/c1-12-16(27-18(21-12)13-7-3-2-4-8-13)19(25)26-11-15(23)22-10-6-5-9-14(22)17(20)24/h2-4,7-8,14H,5-6,9-11H2,1H3,(H2,20,24)/t14-/m1/s1. The Balaban J connectivity index is 1.65. The van der Waals surface area contributed by atoms with E-state index in [4.69, 9.17) is 10.5 Å². The number of primary amides is 1. The van der Waals surface area contributed by atoms with E-state index in [1.54, 1.807) is 6.92 Å². The SMILES string of the molecule is Cc1nc(-c2ccccc2)sc1C(=O)OCC(=O)N1CCCC[C@@H]1C(N)=O. The van der Waals surface area contributed by atoms with Crippen LogP contribution < -0.4 is 5.73 Å². The van der Waals surface area contributed by atoms with Gasteiger partial charge >= 0.3 is 5.97 Å². The first-order chi connectivity index (χ1) is 13.0. The van der Waals surface area contributed by atoms with Gasteiger partial charge in [0.25, 0.3) is 5.91 Å². The maximum absolute atomic E-state index is 12.4. The molecule has 0 aliphatic carbocycles. The molecule has 1 aromatic heterocycles. The number of amides is 2. The van der Waals surface area contributed by atoms with Crippen molar-refractivity contribution < 1.29 is 19.1 Å². The van der Waals surface area contributed by atoms with Crippen molar-refractivity contribution in [2.24, 2.45) is 5.73 Å². The normalized spacial score (nSPS) is 16.8. The molecule has 1 aliphatic heterocycles. The minimum Gasteiger partial charge on any atom is -0.451 e. The Bertz CT molecular complexity index is 850. The summed E-state index contributed by atoms with van der Waals surface area (Å²) in [6.45, 7) is 1.76. The topological polar surface area (TPSA) is 103 Å². The third-order valence-electron chi connectivity index (χ3n) is 4.48. The number of rotatable bonds is 5. The zero-order valence-corrected chi connectivity index (χ0v) is 15.8. The van der Waals surface area contributed by atoms with Crippen LogP contribution in [0.25, 0.3) is 10.6 Å². The molecule has 2 amide bonds. The molecule has 3 rings (SSSR count). The van der Waals surface area contributed by atoms with Gasteiger partial charge in [0.1, 0.15) is 15.9 Å². The summed E-state index contributed by atoms with van der Waals surface area (Å²) in [7, 11) is 0. The van der Waals surface area contributed by atoms with E-state index >= 15 is 0 Å². The van der Waals surface area contributed by atoms with Gasteiger partial charge in [0.2, 0.25) is 5.91 Å². The van der Waals surface area contributed by atoms with Crippen LogP contribution in [0.1, 0.15) is 34.6 Å². The average molecular weight is 387 g/mol. The Kier molecular flexibility index (Phi) is 5.85. The van der Waals surface area contributed by atoms with Gasteiger partial charge in [-0.15, -0.1) is 11.3 Å². The first kappa shape index (κ1) is 19.0. The molecular weight excluding hydrogens is 366 g/mol. The number of aromatic nitrogens is 1. The van der Waals surface area contributed by atoms with Crippen LogP contribution in [0.3, 0.4) is 0 Å². The number of nitrogens with two attached hydrogens (primary N) is 1. The number of aryl methyl sites for hydroxylation is 1. The summed E-state index contributed by atoms with van der Waals surface area (Å²) in [5.41, 5.74) is 6.85. The number of ether oxygens (including phenoxy) is 1. The highest BCUT2D eigenvalue weighted by Crippen LogP contribution is 2.28. The molecule has 0 saturated carbocycles. The van der Waals surface area contributed by atoms with Crippen LogP contribution in [-0.4, -0.2) is 46.9 Å². The van der Waals surface area contributed by atoms with Crippen molar-refractivity contribution in [2.45, 2.75) is 32.2 Å². The maximum Gasteiger partial charge on any atom is 0.350 e. The van der Waals surface area contributed by atoms with Crippen LogP contribution in [0.5, 0.6) is 0 Å². The molecular formula is C19H21N3O4S. The van der Waals surface area contributed by atoms with E-state index in [0.29, 0.717) is 23.5 Å². The number of benzene rings is 1. The van der Waals surface area contributed by atoms with Crippen molar-refractivity contribution in [3.8, 4) is 10.6 Å². The molecule has 2 N–H and O–H groups in total. The molecule has 0 radical (unpaired) electrons. The minimum atomic E-state index is -0.625. The van der Waals surface area contributed by atoms with Gasteiger partial charge in [-0.2, -0.15) is 0 Å². The van der Waals surface area contributed by atoms with Gasteiger partial charge in [-0.25, -0.2) is 9.78 Å². The molecule has 142 valence electrons. The Hall–Kier alpha value is -2.74. The molecule has 1 aromatic carbocycles. The second-order valence-corrected chi connectivity index (χ2v) is 7.38. The molecule has 8 heteroatoms. The van der Waals surface area contributed by atoms with Crippen LogP contribution in [0.4, 0.5) is 0 Å². The number of likely N-dealkylation sites (tertiary alicyclic amines) is 1. The fourth-order valence-corrected chi connectivity index (χ4v) is 4.06. The Morgan fingerprint density at radius 2 is 2.00 bits per heavy atom. The number of hydrogen-bond acceptors (Lipinski definition) is 6. The highest BCUT2D eigenvalue weighted by molar-refractivity contribution is 7.17. The van der Waals surface area contributed by atoms with Crippen LogP contribution >= 0.6 is 11.3 Å². The summed E-state index contributed by atoms with van der Waals surface area (Å²) in [4.78, 5) is 42.5. The summed E-state index contributed by atoms with van der Waals surface area (Å²) in [6.07, 6.45) is 2.20. The highest BCUT2D eigenvalue weighted by atomic mass is 32.1. The van der Waals surface area contributed by atoms with Gasteiger partial charge in [0.05, 0.1) is 5.69 Å². The van der Waals surface area contributed by atoms with E-state index in [1.165, 1.54) is 16.2 Å². The van der Waals surface area contributed by atoms with Crippen molar-refractivity contribution in [3.63, 3.8) is 0 Å². The lowest BCUT2D eigenvalue weighted by atomic mass is 10.0. The molecule has 27 heavy (non-hydrogen) atoms. The van der Waals surface area contributed by atoms with Gasteiger partial charge < -0.3 is 15.4 Å². The first-order valence-corrected chi connectivity index (χ1v) is 9.57. The van der Waals surface area contributed by atoms with Gasteiger partial charge in [-0.05, 0) is 26.2 Å². The van der Waals surface area contributed by atoms with Gasteiger partial charge in [0, 0.05) is 12.1 Å². The summed E-state index contributed by atoms with van der Waals surface area (Å²) in [6, 6.07) is 8.91. The monoisotopic (exact) mass is 387 g/mol. The quantitative estimate of drug-likeness (QED) is 0.792. The first-order valence-electron chi connectivity index (χ1n) is 8.76. The van der Waals surface area contributed by atoms with E-state index in [-0.39, 0.29) is 0 Å². The average Bonchev–Trinajstić information content (AvgIpc) is 3.08. The maximum atomic E-state index is 12.4. The summed E-state index contributed by atoms with van der Waals surface area (Å²) in [5, 5.41) is 0.719. The van der Waals surface area contributed by atoms with Crippen molar-refractivity contribution in [2.75, 3.05) is 13.2 Å². The molecule has 7 nitrogen and oxygen atoms in total. The number of hydrogen-bond donors (Lipinski definition) is 1. The number of esters is 1. The fraction of sp³-hybridized carbons (Fsp3) is 0.368.